The number of carbonyl (C=O) groups is 1. The monoisotopic (exact) mass is 278 g/mol. The molecule has 0 aliphatic carbocycles. The number of aliphatic hydroxyl groups excluding tert-OH is 3. The van der Waals surface area contributed by atoms with E-state index in [4.69, 9.17) is 27.2 Å². The maximum atomic E-state index is 10.9. The first-order chi connectivity index (χ1) is 8.47. The third kappa shape index (κ3) is 1.95. The van der Waals surface area contributed by atoms with Crippen LogP contribution in [-0.2, 0) is 4.74 Å². The zero-order valence-electron chi connectivity index (χ0n) is 8.97. The van der Waals surface area contributed by atoms with Crippen LogP contribution in [0.15, 0.2) is 0 Å². The minimum absolute atomic E-state index is 0.211. The van der Waals surface area contributed by atoms with Gasteiger partial charge < -0.3 is 25.8 Å². The van der Waals surface area contributed by atoms with Crippen LogP contribution < -0.4 is 5.73 Å². The van der Waals surface area contributed by atoms with Gasteiger partial charge in [0, 0.05) is 0 Å². The molecule has 0 unspecified atom stereocenters. The first-order valence-electron chi connectivity index (χ1n) is 5.00. The van der Waals surface area contributed by atoms with E-state index in [1.165, 1.54) is 0 Å². The predicted molar refractivity (Wildman–Crippen MR) is 56.6 cm³/mol. The Kier molecular flexibility index (Phi) is 3.50. The van der Waals surface area contributed by atoms with Crippen LogP contribution in [0, 0.1) is 0 Å². The zero-order chi connectivity index (χ0) is 13.4. The van der Waals surface area contributed by atoms with Gasteiger partial charge in [-0.05, 0) is 0 Å². The molecular weight excluding hydrogens is 268 g/mol. The Balaban J connectivity index is 2.30. The van der Waals surface area contributed by atoms with Crippen molar-refractivity contribution in [3.8, 4) is 0 Å². The van der Waals surface area contributed by atoms with Crippen molar-refractivity contribution in [1.82, 2.24) is 15.0 Å². The molecule has 5 N–H and O–H groups in total. The maximum absolute atomic E-state index is 10.9. The second-order valence-corrected chi connectivity index (χ2v) is 4.12. The van der Waals surface area contributed by atoms with E-state index in [0.717, 1.165) is 4.68 Å². The molecule has 4 atom stereocenters. The minimum atomic E-state index is -1.36. The number of nitrogens with two attached hydrogens (primary N) is 1. The lowest BCUT2D eigenvalue weighted by atomic mass is 10.1. The average Bonchev–Trinajstić information content (AvgIpc) is 2.82. The van der Waals surface area contributed by atoms with Gasteiger partial charge in [0.25, 0.3) is 5.91 Å². The molecule has 0 aromatic carbocycles. The quantitative estimate of drug-likeness (QED) is 0.484. The van der Waals surface area contributed by atoms with Gasteiger partial charge in [0.05, 0.1) is 6.61 Å². The average molecular weight is 279 g/mol. The fraction of sp³-hybridized carbons (Fsp3) is 0.625. The van der Waals surface area contributed by atoms with Crippen LogP contribution in [0.4, 0.5) is 0 Å². The second-order valence-electron chi connectivity index (χ2n) is 3.77. The number of carbonyl (C=O) groups excluding carboxylic acids is 1. The van der Waals surface area contributed by atoms with Crippen molar-refractivity contribution in [3.63, 3.8) is 0 Å². The van der Waals surface area contributed by atoms with Gasteiger partial charge in [-0.2, -0.15) is 0 Å². The minimum Gasteiger partial charge on any atom is -0.394 e. The van der Waals surface area contributed by atoms with Crippen molar-refractivity contribution in [2.45, 2.75) is 24.5 Å². The summed E-state index contributed by atoms with van der Waals surface area (Å²) in [6.45, 7) is -0.482. The van der Waals surface area contributed by atoms with E-state index in [-0.39, 0.29) is 10.8 Å². The fourth-order valence-electron chi connectivity index (χ4n) is 1.68. The van der Waals surface area contributed by atoms with Crippen LogP contribution in [0.2, 0.25) is 5.15 Å². The second kappa shape index (κ2) is 4.78. The number of ether oxygens (including phenoxy) is 1. The highest BCUT2D eigenvalue weighted by Gasteiger charge is 2.45. The summed E-state index contributed by atoms with van der Waals surface area (Å²) < 4.78 is 6.09. The Morgan fingerprint density at radius 2 is 2.17 bits per heavy atom. The van der Waals surface area contributed by atoms with Crippen LogP contribution >= 0.6 is 11.6 Å². The van der Waals surface area contributed by atoms with Gasteiger partial charge in [-0.3, -0.25) is 4.79 Å². The fourth-order valence-corrected chi connectivity index (χ4v) is 1.94. The summed E-state index contributed by atoms with van der Waals surface area (Å²) in [5.41, 5.74) is 4.74. The maximum Gasteiger partial charge on any atom is 0.272 e. The van der Waals surface area contributed by atoms with Crippen molar-refractivity contribution in [2.75, 3.05) is 6.61 Å². The summed E-state index contributed by atoms with van der Waals surface area (Å²) in [5.74, 6) is -0.877. The zero-order valence-corrected chi connectivity index (χ0v) is 9.73. The molecule has 0 spiro atoms. The van der Waals surface area contributed by atoms with E-state index in [2.05, 4.69) is 10.3 Å². The molecule has 0 saturated carbocycles. The highest BCUT2D eigenvalue weighted by Crippen LogP contribution is 2.31. The molecule has 10 heteroatoms. The van der Waals surface area contributed by atoms with Gasteiger partial charge in [0.2, 0.25) is 0 Å². The number of halogens is 1. The van der Waals surface area contributed by atoms with Crippen LogP contribution in [-0.4, -0.2) is 61.1 Å². The first-order valence-corrected chi connectivity index (χ1v) is 5.38. The van der Waals surface area contributed by atoms with Crippen molar-refractivity contribution in [2.24, 2.45) is 5.73 Å². The molecule has 100 valence electrons. The predicted octanol–water partition coefficient (Wildman–Crippen LogP) is -2.36. The molecule has 1 aliphatic heterocycles. The van der Waals surface area contributed by atoms with E-state index in [0.29, 0.717) is 0 Å². The van der Waals surface area contributed by atoms with E-state index >= 15 is 0 Å². The van der Waals surface area contributed by atoms with Crippen LogP contribution in [0.5, 0.6) is 0 Å². The SMILES string of the molecule is NC(=O)c1nnn([C@@H]2O[C@H](CO)[C@@H](O)[C@H]2O)c1Cl. The van der Waals surface area contributed by atoms with E-state index < -0.39 is 37.1 Å². The van der Waals surface area contributed by atoms with Gasteiger partial charge in [-0.25, -0.2) is 4.68 Å². The van der Waals surface area contributed by atoms with E-state index in [1.807, 2.05) is 0 Å². The number of hydrogen-bond donors (Lipinski definition) is 4. The number of aliphatic hydroxyl groups is 3. The number of rotatable bonds is 3. The third-order valence-electron chi connectivity index (χ3n) is 2.63. The smallest absolute Gasteiger partial charge is 0.272 e. The van der Waals surface area contributed by atoms with Crippen molar-refractivity contribution >= 4 is 17.5 Å². The summed E-state index contributed by atoms with van der Waals surface area (Å²) in [7, 11) is 0. The number of aromatic nitrogens is 3. The van der Waals surface area contributed by atoms with Crippen LogP contribution in [0.3, 0.4) is 0 Å². The molecule has 1 saturated heterocycles. The molecule has 0 bridgehead atoms. The van der Waals surface area contributed by atoms with E-state index in [9.17, 15) is 15.0 Å². The van der Waals surface area contributed by atoms with Crippen molar-refractivity contribution < 1.29 is 24.9 Å². The van der Waals surface area contributed by atoms with Crippen molar-refractivity contribution in [1.29, 1.82) is 0 Å². The molecule has 2 rings (SSSR count). The van der Waals surface area contributed by atoms with Gasteiger partial charge in [-0.1, -0.05) is 16.8 Å². The Bertz CT molecular complexity index is 466. The lowest BCUT2D eigenvalue weighted by Crippen LogP contribution is -2.33. The largest absolute Gasteiger partial charge is 0.394 e. The molecule has 1 aromatic rings. The summed E-state index contributed by atoms with van der Waals surface area (Å²) in [6.07, 6.45) is -4.77. The summed E-state index contributed by atoms with van der Waals surface area (Å²) in [6, 6.07) is 0. The van der Waals surface area contributed by atoms with Crippen LogP contribution in [0.1, 0.15) is 16.7 Å². The molecule has 18 heavy (non-hydrogen) atoms. The molecule has 1 amide bonds. The number of hydrogen-bond acceptors (Lipinski definition) is 7. The van der Waals surface area contributed by atoms with Crippen molar-refractivity contribution in [3.05, 3.63) is 10.8 Å². The lowest BCUT2D eigenvalue weighted by Gasteiger charge is -2.14. The molecule has 9 nitrogen and oxygen atoms in total. The summed E-state index contributed by atoms with van der Waals surface area (Å²) >= 11 is 5.81. The van der Waals surface area contributed by atoms with Gasteiger partial charge >= 0.3 is 0 Å². The molecule has 1 aliphatic rings. The van der Waals surface area contributed by atoms with Crippen LogP contribution in [0.25, 0.3) is 0 Å². The molecule has 1 aromatic heterocycles. The molecule has 1 fully saturated rings. The Morgan fingerprint density at radius 3 is 2.61 bits per heavy atom. The lowest BCUT2D eigenvalue weighted by molar-refractivity contribution is -0.0592. The molecule has 2 heterocycles. The van der Waals surface area contributed by atoms with Gasteiger partial charge in [0.15, 0.2) is 17.1 Å². The first kappa shape index (κ1) is 13.2. The third-order valence-corrected chi connectivity index (χ3v) is 2.98. The Morgan fingerprint density at radius 1 is 1.50 bits per heavy atom. The normalized spacial score (nSPS) is 31.8. The highest BCUT2D eigenvalue weighted by molar-refractivity contribution is 6.32. The topological polar surface area (TPSA) is 144 Å². The van der Waals surface area contributed by atoms with Gasteiger partial charge in [0.1, 0.15) is 18.3 Å². The number of amides is 1. The highest BCUT2D eigenvalue weighted by atomic mass is 35.5. The molecule has 0 radical (unpaired) electrons. The van der Waals surface area contributed by atoms with Gasteiger partial charge in [-0.15, -0.1) is 5.10 Å². The van der Waals surface area contributed by atoms with E-state index in [1.54, 1.807) is 0 Å². The number of nitrogens with zero attached hydrogens (tertiary/aromatic N) is 3. The Hall–Kier alpha value is -1.26. The summed E-state index contributed by atoms with van der Waals surface area (Å²) in [5, 5.41) is 35.0. The Labute approximate surface area is 106 Å². The summed E-state index contributed by atoms with van der Waals surface area (Å²) in [4.78, 5) is 10.9. The standard InChI is InChI=1S/C8H11ClN4O5/c9-6-3(7(10)17)11-12-13(6)8-5(16)4(15)2(1-14)18-8/h2,4-5,8,14-16H,1H2,(H2,10,17)/t2-,4-,5-,8-/m1/s1. The number of primary amides is 1. The molecular formula is C8H11ClN4O5.